The van der Waals surface area contributed by atoms with Gasteiger partial charge in [-0.1, -0.05) is 56.3 Å². The van der Waals surface area contributed by atoms with Gasteiger partial charge < -0.3 is 35.5 Å². The zero-order valence-corrected chi connectivity index (χ0v) is 28.3. The summed E-state index contributed by atoms with van der Waals surface area (Å²) in [6.45, 7) is 8.55. The van der Waals surface area contributed by atoms with E-state index < -0.39 is 65.9 Å². The van der Waals surface area contributed by atoms with Crippen molar-refractivity contribution in [1.82, 2.24) is 25.9 Å². The van der Waals surface area contributed by atoms with Gasteiger partial charge in [0.25, 0.3) is 0 Å². The van der Waals surface area contributed by atoms with Crippen LogP contribution in [0, 0.1) is 11.8 Å². The number of amides is 3. The number of aliphatic hydroxyl groups excluding tert-OH is 1. The normalized spacial score (nSPS) is 14.4. The lowest BCUT2D eigenvalue weighted by Gasteiger charge is -2.28. The zero-order valence-electron chi connectivity index (χ0n) is 28.3. The Hall–Kier alpha value is -4.78. The van der Waals surface area contributed by atoms with Gasteiger partial charge in [0.15, 0.2) is 6.10 Å². The highest BCUT2D eigenvalue weighted by Crippen LogP contribution is 2.23. The average Bonchev–Trinajstić information content (AvgIpc) is 3.55. The van der Waals surface area contributed by atoms with Crippen LogP contribution in [-0.4, -0.2) is 82.2 Å². The predicted octanol–water partition coefficient (Wildman–Crippen LogP) is 2.36. The molecule has 1 heterocycles. The first-order valence-corrected chi connectivity index (χ1v) is 16.1. The molecule has 0 aliphatic rings. The van der Waals surface area contributed by atoms with E-state index in [1.54, 1.807) is 13.8 Å². The maximum Gasteiger partial charge on any atom is 0.337 e. The lowest BCUT2D eigenvalue weighted by Crippen LogP contribution is -2.56. The summed E-state index contributed by atoms with van der Waals surface area (Å²) in [6, 6.07) is 10.2. The van der Waals surface area contributed by atoms with Gasteiger partial charge in [0.05, 0.1) is 31.5 Å². The largest absolute Gasteiger partial charge is 0.467 e. The molecule has 3 rings (SSSR count). The molecule has 0 saturated carbocycles. The van der Waals surface area contributed by atoms with Crippen LogP contribution in [0.25, 0.3) is 10.8 Å². The molecule has 0 spiro atoms. The second kappa shape index (κ2) is 17.9. The van der Waals surface area contributed by atoms with Crippen LogP contribution >= 0.6 is 0 Å². The lowest BCUT2D eigenvalue weighted by molar-refractivity contribution is -0.159. The minimum atomic E-state index is -1.64. The maximum atomic E-state index is 14.1. The van der Waals surface area contributed by atoms with E-state index in [0.29, 0.717) is 5.69 Å². The summed E-state index contributed by atoms with van der Waals surface area (Å²) in [6.07, 6.45) is 0.977. The third-order valence-corrected chi connectivity index (χ3v) is 7.72. The summed E-state index contributed by atoms with van der Waals surface area (Å²) in [5, 5.41) is 20.8. The molecule has 13 heteroatoms. The van der Waals surface area contributed by atoms with Gasteiger partial charge in [-0.05, 0) is 55.9 Å². The van der Waals surface area contributed by atoms with Crippen LogP contribution in [0.1, 0.15) is 58.7 Å². The summed E-state index contributed by atoms with van der Waals surface area (Å²) < 4.78 is 9.89. The number of benzene rings is 2. The number of carbonyl (C=O) groups excluding carboxylic acids is 5. The minimum absolute atomic E-state index is 0.00503. The molecule has 0 aliphatic carbocycles. The van der Waals surface area contributed by atoms with Crippen molar-refractivity contribution in [3.05, 3.63) is 66.2 Å². The van der Waals surface area contributed by atoms with E-state index in [-0.39, 0.29) is 31.6 Å². The number of ether oxygens (including phenoxy) is 2. The molecule has 260 valence electrons. The second-order valence-electron chi connectivity index (χ2n) is 12.6. The molecule has 0 saturated heterocycles. The van der Waals surface area contributed by atoms with E-state index in [0.717, 1.165) is 16.3 Å². The van der Waals surface area contributed by atoms with Crippen molar-refractivity contribution in [3.63, 3.8) is 0 Å². The predicted molar refractivity (Wildman–Crippen MR) is 178 cm³/mol. The quantitative estimate of drug-likeness (QED) is 0.135. The molecule has 5 atom stereocenters. The summed E-state index contributed by atoms with van der Waals surface area (Å²) >= 11 is 0. The number of fused-ring (bicyclic) bond motifs is 1. The Morgan fingerprint density at radius 2 is 1.58 bits per heavy atom. The minimum Gasteiger partial charge on any atom is -0.467 e. The third-order valence-electron chi connectivity index (χ3n) is 7.72. The lowest BCUT2D eigenvalue weighted by atomic mass is 9.91. The fraction of sp³-hybridized carbons (Fsp3) is 0.486. The number of methoxy groups -OCH3 is 1. The van der Waals surface area contributed by atoms with E-state index in [4.69, 9.17) is 9.47 Å². The van der Waals surface area contributed by atoms with E-state index >= 15 is 0 Å². The SMILES string of the molecule is COC(=O)[C@H](C)NC(=O)CC(Cc1cccc2ccccc12)C(=O)N[C@@H](Cc1cnc[nH]1)C(=O)N[C@@H](CC(C)C)C(O)C(=O)OC(C)C. The molecule has 3 amide bonds. The van der Waals surface area contributed by atoms with Gasteiger partial charge >= 0.3 is 11.9 Å². The Bertz CT molecular complexity index is 1540. The molecule has 3 aromatic rings. The number of hydrogen-bond donors (Lipinski definition) is 5. The standard InChI is InChI=1S/C35H47N5O8/c1-20(2)14-28(31(42)35(46)48-21(3)4)39-33(44)29(17-26-18-36-19-37-26)40-32(43)25(16-30(41)38-22(5)34(45)47-6)15-24-12-9-11-23-10-7-8-13-27(23)24/h7-13,18-22,25,28-29,31,42H,14-17H2,1-6H3,(H,36,37)(H,38,41)(H,39,44)(H,40,43)/t22-,25?,28-,29-,31?/m0/s1. The molecule has 0 bridgehead atoms. The maximum absolute atomic E-state index is 14.1. The topological polar surface area (TPSA) is 189 Å². The van der Waals surface area contributed by atoms with Gasteiger partial charge in [0, 0.05) is 24.7 Å². The van der Waals surface area contributed by atoms with Crippen LogP contribution in [0.3, 0.4) is 0 Å². The van der Waals surface area contributed by atoms with Crippen LogP contribution < -0.4 is 16.0 Å². The molecule has 1 aromatic heterocycles. The molecular weight excluding hydrogens is 618 g/mol. The smallest absolute Gasteiger partial charge is 0.337 e. The van der Waals surface area contributed by atoms with E-state index in [2.05, 4.69) is 25.9 Å². The Morgan fingerprint density at radius 1 is 0.875 bits per heavy atom. The summed E-state index contributed by atoms with van der Waals surface area (Å²) in [4.78, 5) is 72.5. The monoisotopic (exact) mass is 665 g/mol. The highest BCUT2D eigenvalue weighted by Gasteiger charge is 2.34. The fourth-order valence-corrected chi connectivity index (χ4v) is 5.39. The van der Waals surface area contributed by atoms with E-state index in [1.807, 2.05) is 56.3 Å². The molecule has 5 N–H and O–H groups in total. The van der Waals surface area contributed by atoms with Gasteiger partial charge in [-0.25, -0.2) is 14.6 Å². The van der Waals surface area contributed by atoms with Crippen LogP contribution in [0.15, 0.2) is 55.0 Å². The van der Waals surface area contributed by atoms with Crippen molar-refractivity contribution in [2.75, 3.05) is 7.11 Å². The Morgan fingerprint density at radius 3 is 2.23 bits per heavy atom. The zero-order chi connectivity index (χ0) is 35.4. The van der Waals surface area contributed by atoms with Crippen LogP contribution in [0.2, 0.25) is 0 Å². The van der Waals surface area contributed by atoms with E-state index in [1.165, 1.54) is 26.6 Å². The number of carbonyl (C=O) groups is 5. The number of nitrogens with zero attached hydrogens (tertiary/aromatic N) is 1. The number of aromatic nitrogens is 2. The number of esters is 2. The van der Waals surface area contributed by atoms with Crippen molar-refractivity contribution in [2.24, 2.45) is 11.8 Å². The van der Waals surface area contributed by atoms with Crippen LogP contribution in [0.4, 0.5) is 0 Å². The van der Waals surface area contributed by atoms with Crippen molar-refractivity contribution in [1.29, 1.82) is 0 Å². The molecule has 48 heavy (non-hydrogen) atoms. The van der Waals surface area contributed by atoms with E-state index in [9.17, 15) is 29.1 Å². The highest BCUT2D eigenvalue weighted by molar-refractivity contribution is 5.93. The number of hydrogen-bond acceptors (Lipinski definition) is 9. The van der Waals surface area contributed by atoms with Crippen LogP contribution in [0.5, 0.6) is 0 Å². The number of aliphatic hydroxyl groups is 1. The third kappa shape index (κ3) is 11.2. The first kappa shape index (κ1) is 37.7. The first-order chi connectivity index (χ1) is 22.8. The highest BCUT2D eigenvalue weighted by atomic mass is 16.6. The Kier molecular flexibility index (Phi) is 14.1. The molecule has 0 aliphatic heterocycles. The number of imidazole rings is 1. The first-order valence-electron chi connectivity index (χ1n) is 16.1. The van der Waals surface area contributed by atoms with Gasteiger partial charge in [0.2, 0.25) is 17.7 Å². The summed E-state index contributed by atoms with van der Waals surface area (Å²) in [7, 11) is 1.21. The number of H-pyrrole nitrogens is 1. The van der Waals surface area contributed by atoms with Gasteiger partial charge in [0.1, 0.15) is 12.1 Å². The number of aromatic amines is 1. The molecule has 0 fully saturated rings. The molecule has 2 aromatic carbocycles. The van der Waals surface area contributed by atoms with Crippen LogP contribution in [-0.2, 0) is 46.3 Å². The molecule has 13 nitrogen and oxygen atoms in total. The summed E-state index contributed by atoms with van der Waals surface area (Å²) in [5.41, 5.74) is 1.37. The van der Waals surface area contributed by atoms with Gasteiger partial charge in [-0.3, -0.25) is 14.4 Å². The van der Waals surface area contributed by atoms with Crippen molar-refractivity contribution in [2.45, 2.75) is 90.6 Å². The fourth-order valence-electron chi connectivity index (χ4n) is 5.39. The molecule has 0 radical (unpaired) electrons. The molecular formula is C35H47N5O8. The van der Waals surface area contributed by atoms with Crippen molar-refractivity contribution in [3.8, 4) is 0 Å². The van der Waals surface area contributed by atoms with Gasteiger partial charge in [-0.15, -0.1) is 0 Å². The Labute approximate surface area is 280 Å². The van der Waals surface area contributed by atoms with Gasteiger partial charge in [-0.2, -0.15) is 0 Å². The number of rotatable bonds is 17. The average molecular weight is 666 g/mol. The summed E-state index contributed by atoms with van der Waals surface area (Å²) in [5.74, 6) is -4.23. The molecule has 2 unspecified atom stereocenters. The second-order valence-corrected chi connectivity index (χ2v) is 12.6. The number of nitrogens with one attached hydrogen (secondary N) is 4. The Balaban J connectivity index is 1.91. The van der Waals surface area contributed by atoms with Crippen molar-refractivity contribution < 1.29 is 38.6 Å². The van der Waals surface area contributed by atoms with Crippen molar-refractivity contribution >= 4 is 40.4 Å².